The topological polar surface area (TPSA) is 22.1 Å². The second-order valence-electron chi connectivity index (χ2n) is 4.99. The third kappa shape index (κ3) is 1.78. The van der Waals surface area contributed by atoms with Crippen LogP contribution < -0.4 is 4.74 Å². The van der Waals surface area contributed by atoms with E-state index < -0.39 is 0 Å². The number of hydrogen-bond donors (Lipinski definition) is 0. The largest absolute Gasteiger partial charge is 0.497 e. The van der Waals surface area contributed by atoms with Crippen LogP contribution in [0.2, 0.25) is 0 Å². The van der Waals surface area contributed by atoms with Crippen LogP contribution >= 0.6 is 0 Å². The maximum absolute atomic E-state index is 5.31. The fourth-order valence-electron chi connectivity index (χ4n) is 2.70. The second-order valence-corrected chi connectivity index (χ2v) is 4.99. The Labute approximate surface area is 102 Å². The molecule has 1 aliphatic rings. The summed E-state index contributed by atoms with van der Waals surface area (Å²) in [6.07, 6.45) is 5.67. The Balaban J connectivity index is 2.24. The fourth-order valence-corrected chi connectivity index (χ4v) is 2.70. The van der Waals surface area contributed by atoms with Crippen molar-refractivity contribution in [2.24, 2.45) is 5.92 Å². The van der Waals surface area contributed by atoms with Crippen LogP contribution in [0.15, 0.2) is 24.4 Å². The average molecular weight is 227 g/mol. The van der Waals surface area contributed by atoms with E-state index in [0.29, 0.717) is 0 Å². The second kappa shape index (κ2) is 4.02. The van der Waals surface area contributed by atoms with Crippen molar-refractivity contribution in [2.45, 2.75) is 26.2 Å². The third-order valence-corrected chi connectivity index (χ3v) is 3.73. The lowest BCUT2D eigenvalue weighted by atomic mass is 9.84. The molecule has 1 unspecified atom stereocenters. The van der Waals surface area contributed by atoms with Gasteiger partial charge in [0.1, 0.15) is 5.75 Å². The van der Waals surface area contributed by atoms with E-state index >= 15 is 0 Å². The Morgan fingerprint density at radius 3 is 3.06 bits per heavy atom. The van der Waals surface area contributed by atoms with Crippen LogP contribution in [0.4, 0.5) is 0 Å². The summed E-state index contributed by atoms with van der Waals surface area (Å²) in [5, 5.41) is 1.27. The maximum atomic E-state index is 5.31. The first-order valence-corrected chi connectivity index (χ1v) is 6.22. The number of benzene rings is 1. The van der Waals surface area contributed by atoms with Crippen molar-refractivity contribution < 1.29 is 4.74 Å². The van der Waals surface area contributed by atoms with Crippen LogP contribution in [0.25, 0.3) is 10.9 Å². The molecule has 2 nitrogen and oxygen atoms in total. The smallest absolute Gasteiger partial charge is 0.119 e. The van der Waals surface area contributed by atoms with Gasteiger partial charge in [0.25, 0.3) is 0 Å². The minimum Gasteiger partial charge on any atom is -0.497 e. The maximum Gasteiger partial charge on any atom is 0.119 e. The predicted molar refractivity (Wildman–Crippen MR) is 69.5 cm³/mol. The van der Waals surface area contributed by atoms with Crippen molar-refractivity contribution in [3.8, 4) is 5.75 Å². The summed E-state index contributed by atoms with van der Waals surface area (Å²) in [7, 11) is 1.71. The molecule has 1 heterocycles. The molecule has 0 saturated heterocycles. The number of hydrogen-bond acceptors (Lipinski definition) is 2. The van der Waals surface area contributed by atoms with Gasteiger partial charge in [0.15, 0.2) is 0 Å². The number of aryl methyl sites for hydroxylation is 1. The number of nitrogens with zero attached hydrogens (tertiary/aromatic N) is 1. The Morgan fingerprint density at radius 2 is 2.24 bits per heavy atom. The lowest BCUT2D eigenvalue weighted by molar-refractivity contribution is 0.415. The van der Waals surface area contributed by atoms with E-state index in [-0.39, 0.29) is 0 Å². The van der Waals surface area contributed by atoms with Gasteiger partial charge < -0.3 is 4.74 Å². The summed E-state index contributed by atoms with van der Waals surface area (Å²) in [5.41, 5.74) is 3.98. The van der Waals surface area contributed by atoms with Crippen LogP contribution in [0, 0.1) is 5.92 Å². The third-order valence-electron chi connectivity index (χ3n) is 3.73. The first-order valence-electron chi connectivity index (χ1n) is 6.22. The molecule has 88 valence electrons. The van der Waals surface area contributed by atoms with Gasteiger partial charge in [-0.15, -0.1) is 0 Å². The van der Waals surface area contributed by atoms with E-state index in [1.807, 2.05) is 12.1 Å². The van der Waals surface area contributed by atoms with E-state index in [2.05, 4.69) is 24.2 Å². The van der Waals surface area contributed by atoms with Crippen molar-refractivity contribution in [2.75, 3.05) is 7.11 Å². The fraction of sp³-hybridized carbons (Fsp3) is 0.400. The average Bonchev–Trinajstić information content (AvgIpc) is 2.38. The standard InChI is InChI=1S/C15H17NO/c1-10-3-4-11-9-16-15-6-5-12(17-2)8-14(15)13(11)7-10/h5-6,8-10H,3-4,7H2,1-2H3. The summed E-state index contributed by atoms with van der Waals surface area (Å²) in [6, 6.07) is 6.15. The van der Waals surface area contributed by atoms with Gasteiger partial charge in [0.05, 0.1) is 12.6 Å². The first-order chi connectivity index (χ1) is 8.28. The van der Waals surface area contributed by atoms with Crippen molar-refractivity contribution in [1.29, 1.82) is 0 Å². The lowest BCUT2D eigenvalue weighted by Crippen LogP contribution is -2.12. The number of rotatable bonds is 1. The molecular weight excluding hydrogens is 210 g/mol. The zero-order chi connectivity index (χ0) is 11.8. The molecule has 3 rings (SSSR count). The molecule has 1 aromatic heterocycles. The molecule has 1 aromatic carbocycles. The van der Waals surface area contributed by atoms with Crippen molar-refractivity contribution in [3.63, 3.8) is 0 Å². The summed E-state index contributed by atoms with van der Waals surface area (Å²) >= 11 is 0. The molecule has 0 spiro atoms. The van der Waals surface area contributed by atoms with Crippen molar-refractivity contribution in [3.05, 3.63) is 35.5 Å². The van der Waals surface area contributed by atoms with Gasteiger partial charge in [-0.2, -0.15) is 0 Å². The van der Waals surface area contributed by atoms with Gasteiger partial charge in [-0.05, 0) is 54.5 Å². The van der Waals surface area contributed by atoms with Gasteiger partial charge in [-0.25, -0.2) is 0 Å². The molecule has 1 atom stereocenters. The van der Waals surface area contributed by atoms with E-state index in [1.165, 1.54) is 29.4 Å². The zero-order valence-corrected chi connectivity index (χ0v) is 10.4. The predicted octanol–water partition coefficient (Wildman–Crippen LogP) is 3.37. The summed E-state index contributed by atoms with van der Waals surface area (Å²) in [6.45, 7) is 2.33. The van der Waals surface area contributed by atoms with Gasteiger partial charge >= 0.3 is 0 Å². The van der Waals surface area contributed by atoms with Gasteiger partial charge in [-0.1, -0.05) is 6.92 Å². The quantitative estimate of drug-likeness (QED) is 0.745. The summed E-state index contributed by atoms with van der Waals surface area (Å²) in [4.78, 5) is 4.54. The van der Waals surface area contributed by atoms with Crippen LogP contribution in [0.5, 0.6) is 5.75 Å². The summed E-state index contributed by atoms with van der Waals surface area (Å²) < 4.78 is 5.31. The minimum absolute atomic E-state index is 0.777. The van der Waals surface area contributed by atoms with Gasteiger partial charge in [0, 0.05) is 11.6 Å². The van der Waals surface area contributed by atoms with E-state index in [1.54, 1.807) is 7.11 Å². The first kappa shape index (κ1) is 10.6. The van der Waals surface area contributed by atoms with Crippen LogP contribution in [0.1, 0.15) is 24.5 Å². The molecule has 2 aromatic rings. The Morgan fingerprint density at radius 1 is 1.35 bits per heavy atom. The number of aromatic nitrogens is 1. The molecule has 0 bridgehead atoms. The van der Waals surface area contributed by atoms with E-state index in [9.17, 15) is 0 Å². The van der Waals surface area contributed by atoms with E-state index in [4.69, 9.17) is 4.74 Å². The number of methoxy groups -OCH3 is 1. The molecular formula is C15H17NO. The molecule has 2 heteroatoms. The molecule has 0 aliphatic heterocycles. The Bertz CT molecular complexity index is 557. The van der Waals surface area contributed by atoms with Crippen LogP contribution in [-0.4, -0.2) is 12.1 Å². The van der Waals surface area contributed by atoms with Crippen molar-refractivity contribution in [1.82, 2.24) is 4.98 Å². The highest BCUT2D eigenvalue weighted by molar-refractivity contribution is 5.84. The molecule has 0 radical (unpaired) electrons. The molecule has 0 N–H and O–H groups in total. The Hall–Kier alpha value is -1.57. The Kier molecular flexibility index (Phi) is 2.50. The normalized spacial score (nSPS) is 19.1. The monoisotopic (exact) mass is 227 g/mol. The molecule has 1 aliphatic carbocycles. The highest BCUT2D eigenvalue weighted by Crippen LogP contribution is 2.31. The number of fused-ring (bicyclic) bond motifs is 3. The van der Waals surface area contributed by atoms with Crippen LogP contribution in [0.3, 0.4) is 0 Å². The molecule has 0 saturated carbocycles. The molecule has 17 heavy (non-hydrogen) atoms. The lowest BCUT2D eigenvalue weighted by Gasteiger charge is -2.22. The SMILES string of the molecule is COc1ccc2ncc3c(c2c1)CC(C)CC3. The summed E-state index contributed by atoms with van der Waals surface area (Å²) in [5.74, 6) is 1.70. The number of ether oxygens (including phenoxy) is 1. The minimum atomic E-state index is 0.777. The van der Waals surface area contributed by atoms with Gasteiger partial charge in [-0.3, -0.25) is 4.98 Å². The van der Waals surface area contributed by atoms with Crippen LogP contribution in [-0.2, 0) is 12.8 Å². The highest BCUT2D eigenvalue weighted by Gasteiger charge is 2.18. The van der Waals surface area contributed by atoms with Gasteiger partial charge in [0.2, 0.25) is 0 Å². The number of pyridine rings is 1. The molecule has 0 amide bonds. The molecule has 0 fully saturated rings. The zero-order valence-electron chi connectivity index (χ0n) is 10.4. The van der Waals surface area contributed by atoms with E-state index in [0.717, 1.165) is 23.6 Å². The van der Waals surface area contributed by atoms with Crippen molar-refractivity contribution >= 4 is 10.9 Å². The highest BCUT2D eigenvalue weighted by atomic mass is 16.5.